The lowest BCUT2D eigenvalue weighted by molar-refractivity contribution is -0.136. The van der Waals surface area contributed by atoms with Crippen molar-refractivity contribution in [1.82, 2.24) is 15.1 Å². The van der Waals surface area contributed by atoms with Gasteiger partial charge in [0.05, 0.1) is 23.8 Å². The zero-order chi connectivity index (χ0) is 24.1. The van der Waals surface area contributed by atoms with Crippen molar-refractivity contribution in [3.63, 3.8) is 0 Å². The van der Waals surface area contributed by atoms with Gasteiger partial charge in [0.15, 0.2) is 0 Å². The van der Waals surface area contributed by atoms with Gasteiger partial charge >= 0.3 is 0 Å². The highest BCUT2D eigenvalue weighted by atomic mass is 16.5. The number of rotatable bonds is 10. The molecule has 1 N–H and O–H groups in total. The molecule has 0 radical (unpaired) electrons. The molecule has 3 aliphatic rings. The zero-order valence-corrected chi connectivity index (χ0v) is 19.0. The highest BCUT2D eigenvalue weighted by molar-refractivity contribution is 6.23. The monoisotopic (exact) mass is 471 g/mol. The number of piperidine rings is 2. The average Bonchev–Trinajstić information content (AvgIpc) is 3.08. The smallest absolute Gasteiger partial charge is 0.262 e. The van der Waals surface area contributed by atoms with Crippen LogP contribution in [-0.2, 0) is 19.1 Å². The first-order valence-electron chi connectivity index (χ1n) is 11.8. The molecule has 182 valence electrons. The van der Waals surface area contributed by atoms with E-state index in [-0.39, 0.29) is 30.1 Å². The van der Waals surface area contributed by atoms with Crippen molar-refractivity contribution in [2.24, 2.45) is 0 Å². The number of fused-ring (bicyclic) bond motifs is 1. The number of unbranched alkanes of at least 4 members (excludes halogenated alkanes) is 2. The minimum absolute atomic E-state index is 0.0860. The number of hydrogen-bond donors (Lipinski definition) is 1. The molecule has 0 aliphatic carbocycles. The van der Waals surface area contributed by atoms with Crippen LogP contribution >= 0.6 is 0 Å². The first kappa shape index (κ1) is 23.9. The van der Waals surface area contributed by atoms with E-state index < -0.39 is 29.7 Å². The number of imide groups is 2. The quantitative estimate of drug-likeness (QED) is 0.310. The Kier molecular flexibility index (Phi) is 7.56. The minimum atomic E-state index is -0.978. The summed E-state index contributed by atoms with van der Waals surface area (Å²) < 4.78 is 11.6. The van der Waals surface area contributed by atoms with Crippen LogP contribution in [0.1, 0.15) is 65.7 Å². The van der Waals surface area contributed by atoms with E-state index >= 15 is 0 Å². The van der Waals surface area contributed by atoms with Gasteiger partial charge in [0.1, 0.15) is 11.8 Å². The lowest BCUT2D eigenvalue weighted by atomic mass is 10.0. The van der Waals surface area contributed by atoms with E-state index in [0.717, 1.165) is 56.5 Å². The third kappa shape index (κ3) is 5.27. The van der Waals surface area contributed by atoms with E-state index in [2.05, 4.69) is 5.32 Å². The van der Waals surface area contributed by atoms with Crippen LogP contribution in [0.3, 0.4) is 0 Å². The zero-order valence-electron chi connectivity index (χ0n) is 19.0. The summed E-state index contributed by atoms with van der Waals surface area (Å²) in [4.78, 5) is 62.5. The van der Waals surface area contributed by atoms with Crippen molar-refractivity contribution in [2.75, 3.05) is 26.3 Å². The van der Waals surface area contributed by atoms with Crippen molar-refractivity contribution >= 4 is 30.0 Å². The van der Waals surface area contributed by atoms with Crippen molar-refractivity contribution in [2.45, 2.75) is 57.1 Å². The van der Waals surface area contributed by atoms with Gasteiger partial charge in [0.25, 0.3) is 11.8 Å². The number of carbonyl (C=O) groups excluding carboxylic acids is 5. The first-order chi connectivity index (χ1) is 16.5. The highest BCUT2D eigenvalue weighted by Crippen LogP contribution is 2.30. The van der Waals surface area contributed by atoms with Gasteiger partial charge in [-0.05, 0) is 56.7 Å². The summed E-state index contributed by atoms with van der Waals surface area (Å²) in [6.07, 6.45) is 5.74. The highest BCUT2D eigenvalue weighted by Gasteiger charge is 2.44. The lowest BCUT2D eigenvalue weighted by Gasteiger charge is -2.29. The second-order valence-electron chi connectivity index (χ2n) is 8.78. The van der Waals surface area contributed by atoms with Gasteiger partial charge in [-0.1, -0.05) is 0 Å². The van der Waals surface area contributed by atoms with Crippen LogP contribution in [0.2, 0.25) is 0 Å². The summed E-state index contributed by atoms with van der Waals surface area (Å²) in [5.74, 6) is -1.62. The Labute approximate surface area is 197 Å². The molecule has 0 aromatic heterocycles. The number of ether oxygens (including phenoxy) is 2. The SMILES string of the molecule is O=CN1CCC(OCCCCCOc2ccc3c(c2)C(=O)N(C2CCC(=O)NC2=O)C3=O)CC1. The summed E-state index contributed by atoms with van der Waals surface area (Å²) in [6, 6.07) is 3.75. The third-order valence-electron chi connectivity index (χ3n) is 6.45. The largest absolute Gasteiger partial charge is 0.494 e. The lowest BCUT2D eigenvalue weighted by Crippen LogP contribution is -2.54. The van der Waals surface area contributed by atoms with Crippen LogP contribution in [0.4, 0.5) is 0 Å². The maximum absolute atomic E-state index is 12.9. The van der Waals surface area contributed by atoms with Crippen LogP contribution in [-0.4, -0.2) is 78.3 Å². The number of carbonyl (C=O) groups is 5. The molecule has 3 heterocycles. The van der Waals surface area contributed by atoms with Gasteiger partial charge in [-0.3, -0.25) is 34.2 Å². The molecule has 3 aliphatic heterocycles. The summed E-state index contributed by atoms with van der Waals surface area (Å²) >= 11 is 0. The van der Waals surface area contributed by atoms with E-state index in [1.165, 1.54) is 6.07 Å². The fraction of sp³-hybridized carbons (Fsp3) is 0.542. The van der Waals surface area contributed by atoms with Crippen molar-refractivity contribution in [1.29, 1.82) is 0 Å². The second-order valence-corrected chi connectivity index (χ2v) is 8.78. The molecule has 10 nitrogen and oxygen atoms in total. The summed E-state index contributed by atoms with van der Waals surface area (Å²) in [5, 5.41) is 2.18. The molecule has 0 spiro atoms. The predicted molar refractivity (Wildman–Crippen MR) is 119 cm³/mol. The average molecular weight is 472 g/mol. The first-order valence-corrected chi connectivity index (χ1v) is 11.8. The van der Waals surface area contributed by atoms with E-state index in [9.17, 15) is 24.0 Å². The van der Waals surface area contributed by atoms with Crippen molar-refractivity contribution < 1.29 is 33.4 Å². The Balaban J connectivity index is 1.19. The van der Waals surface area contributed by atoms with Gasteiger partial charge in [0, 0.05) is 26.1 Å². The molecular formula is C24H29N3O7. The van der Waals surface area contributed by atoms with Crippen LogP contribution in [0, 0.1) is 0 Å². The molecule has 1 aromatic rings. The Morgan fingerprint density at radius 1 is 0.941 bits per heavy atom. The second kappa shape index (κ2) is 10.8. The molecule has 10 heteroatoms. The molecule has 1 atom stereocenters. The molecule has 0 bridgehead atoms. The number of nitrogens with one attached hydrogen (secondary N) is 1. The van der Waals surface area contributed by atoms with Gasteiger partial charge in [0.2, 0.25) is 18.2 Å². The molecule has 34 heavy (non-hydrogen) atoms. The molecule has 0 saturated carbocycles. The molecule has 4 rings (SSSR count). The van der Waals surface area contributed by atoms with Crippen molar-refractivity contribution in [3.8, 4) is 5.75 Å². The fourth-order valence-electron chi connectivity index (χ4n) is 4.51. The standard InChI is InChI=1S/C24H29N3O7/c28-15-26-10-8-16(9-11-26)33-12-2-1-3-13-34-17-4-5-18-19(14-17)24(32)27(23(18)31)20-6-7-21(29)25-22(20)30/h4-5,14-16,20H,1-3,6-13H2,(H,25,29,30). The van der Waals surface area contributed by atoms with E-state index in [0.29, 0.717) is 19.0 Å². The van der Waals surface area contributed by atoms with Crippen molar-refractivity contribution in [3.05, 3.63) is 29.3 Å². The molecule has 5 amide bonds. The van der Waals surface area contributed by atoms with Gasteiger partial charge in [-0.25, -0.2) is 0 Å². The molecule has 1 unspecified atom stereocenters. The van der Waals surface area contributed by atoms with Crippen LogP contribution < -0.4 is 10.1 Å². The minimum Gasteiger partial charge on any atom is -0.494 e. The summed E-state index contributed by atoms with van der Waals surface area (Å²) in [5.41, 5.74) is 0.444. The summed E-state index contributed by atoms with van der Waals surface area (Å²) in [7, 11) is 0. The Hall–Kier alpha value is -3.27. The number of nitrogens with zero attached hydrogens (tertiary/aromatic N) is 2. The number of benzene rings is 1. The Morgan fingerprint density at radius 3 is 2.41 bits per heavy atom. The molecule has 2 fully saturated rings. The predicted octanol–water partition coefficient (Wildman–Crippen LogP) is 1.27. The fourth-order valence-corrected chi connectivity index (χ4v) is 4.51. The number of hydrogen-bond acceptors (Lipinski definition) is 7. The molecular weight excluding hydrogens is 442 g/mol. The van der Waals surface area contributed by atoms with Crippen LogP contribution in [0.25, 0.3) is 0 Å². The van der Waals surface area contributed by atoms with E-state index in [4.69, 9.17) is 9.47 Å². The third-order valence-corrected chi connectivity index (χ3v) is 6.45. The molecule has 1 aromatic carbocycles. The van der Waals surface area contributed by atoms with Crippen LogP contribution in [0.15, 0.2) is 18.2 Å². The van der Waals surface area contributed by atoms with Gasteiger partial charge in [-0.2, -0.15) is 0 Å². The summed E-state index contributed by atoms with van der Waals surface area (Å²) in [6.45, 7) is 2.65. The normalized spacial score (nSPS) is 21.0. The Bertz CT molecular complexity index is 971. The molecule has 2 saturated heterocycles. The van der Waals surface area contributed by atoms with E-state index in [1.807, 2.05) is 0 Å². The Morgan fingerprint density at radius 2 is 1.68 bits per heavy atom. The maximum Gasteiger partial charge on any atom is 0.262 e. The number of amides is 5. The van der Waals surface area contributed by atoms with Gasteiger partial charge < -0.3 is 14.4 Å². The van der Waals surface area contributed by atoms with E-state index in [1.54, 1.807) is 17.0 Å². The number of likely N-dealkylation sites (tertiary alicyclic amines) is 1. The maximum atomic E-state index is 12.9. The topological polar surface area (TPSA) is 122 Å². The van der Waals surface area contributed by atoms with Crippen LogP contribution in [0.5, 0.6) is 5.75 Å². The van der Waals surface area contributed by atoms with Gasteiger partial charge in [-0.15, -0.1) is 0 Å².